The molecule has 132 valence electrons. The van der Waals surface area contributed by atoms with Gasteiger partial charge in [0.25, 0.3) is 0 Å². The number of ether oxygens (including phenoxy) is 1. The first-order valence-electron chi connectivity index (χ1n) is 3.91. The van der Waals surface area contributed by atoms with Crippen molar-refractivity contribution < 1.29 is 49.2 Å². The standard InChI is InChI=1S/C6H8O6.4H3N.H3O4P/c7-1-2(8)5-3(9)4(10)6(11)12-5;;;;;1-5(2,3)4/h2,5,7-10H,1H2;4*1H3;(H3,1,2,3,4)/t2-,5+;;;;;/m0...../s1. The van der Waals surface area contributed by atoms with Crippen LogP contribution in [0.3, 0.4) is 0 Å². The molecule has 1 heterocycles. The van der Waals surface area contributed by atoms with Crippen molar-refractivity contribution in [1.29, 1.82) is 0 Å². The fourth-order valence-electron chi connectivity index (χ4n) is 0.815. The number of carbonyl (C=O) groups excluding carboxylic acids is 1. The molecule has 0 aromatic carbocycles. The van der Waals surface area contributed by atoms with Crippen molar-refractivity contribution in [2.45, 2.75) is 12.2 Å². The van der Waals surface area contributed by atoms with Gasteiger partial charge in [0.05, 0.1) is 6.61 Å². The third kappa shape index (κ3) is 12.2. The minimum Gasteiger partial charge on any atom is -0.865 e. The maximum Gasteiger partial charge on any atom is 0.327 e. The lowest BCUT2D eigenvalue weighted by atomic mass is 10.2. The van der Waals surface area contributed by atoms with E-state index < -0.39 is 44.1 Å². The minimum absolute atomic E-state index is 0. The van der Waals surface area contributed by atoms with E-state index in [1.165, 1.54) is 0 Å². The summed E-state index contributed by atoms with van der Waals surface area (Å²) >= 11 is 0. The highest BCUT2D eigenvalue weighted by Crippen LogP contribution is 2.19. The second-order valence-corrected chi connectivity index (χ2v) is 3.63. The Balaban J connectivity index is -0.0000000844. The average molecular weight is 342 g/mol. The van der Waals surface area contributed by atoms with Crippen molar-refractivity contribution in [3.05, 3.63) is 11.5 Å². The fraction of sp³-hybridized carbons (Fsp3) is 0.500. The monoisotopic (exact) mass is 342 g/mol. The second-order valence-electron chi connectivity index (χ2n) is 2.74. The zero-order valence-corrected chi connectivity index (χ0v) is 12.9. The zero-order valence-electron chi connectivity index (χ0n) is 12.0. The van der Waals surface area contributed by atoms with Crippen LogP contribution in [-0.2, 0) is 14.1 Å². The highest BCUT2D eigenvalue weighted by Gasteiger charge is 2.34. The van der Waals surface area contributed by atoms with E-state index in [0.717, 1.165) is 0 Å². The molecule has 0 amide bonds. The van der Waals surface area contributed by atoms with Gasteiger partial charge >= 0.3 is 5.97 Å². The van der Waals surface area contributed by atoms with E-state index >= 15 is 0 Å². The summed E-state index contributed by atoms with van der Waals surface area (Å²) in [6.07, 6.45) is -2.88. The first-order valence-corrected chi connectivity index (χ1v) is 5.37. The Morgan fingerprint density at radius 2 is 1.52 bits per heavy atom. The Labute approximate surface area is 119 Å². The van der Waals surface area contributed by atoms with E-state index in [1.807, 2.05) is 0 Å². The normalized spacial score (nSPS) is 17.6. The SMILES string of the molecule is O=C1O[C@H]([C@@H](O)CO)C(O)=C1[O-].O=P([O-])([O-])[O-].[NH4+].[NH4+].[NH4+].[NH4+]. The summed E-state index contributed by atoms with van der Waals surface area (Å²) in [6, 6.07) is 0. The summed E-state index contributed by atoms with van der Waals surface area (Å²) in [6.45, 7) is -0.699. The van der Waals surface area contributed by atoms with Gasteiger partial charge in [-0.2, -0.15) is 7.82 Å². The van der Waals surface area contributed by atoms with Crippen LogP contribution >= 0.6 is 7.82 Å². The number of cyclic esters (lactones) is 1. The third-order valence-electron chi connectivity index (χ3n) is 1.46. The summed E-state index contributed by atoms with van der Waals surface area (Å²) in [7, 11) is -5.39. The molecule has 21 heavy (non-hydrogen) atoms. The van der Waals surface area contributed by atoms with Crippen molar-refractivity contribution in [3.63, 3.8) is 0 Å². The fourth-order valence-corrected chi connectivity index (χ4v) is 0.815. The second kappa shape index (κ2) is 12.4. The van der Waals surface area contributed by atoms with Crippen molar-refractivity contribution in [2.24, 2.45) is 0 Å². The summed E-state index contributed by atoms with van der Waals surface area (Å²) in [5, 5.41) is 36.8. The molecule has 0 spiro atoms. The summed E-state index contributed by atoms with van der Waals surface area (Å²) in [5.74, 6) is -3.25. The minimum atomic E-state index is -5.39. The summed E-state index contributed by atoms with van der Waals surface area (Å²) < 4.78 is 12.8. The predicted octanol–water partition coefficient (Wildman–Crippen LogP) is -3.92. The third-order valence-corrected chi connectivity index (χ3v) is 1.46. The van der Waals surface area contributed by atoms with Gasteiger partial charge in [0.1, 0.15) is 11.9 Å². The van der Waals surface area contributed by atoms with Gasteiger partial charge in [0.15, 0.2) is 6.10 Å². The van der Waals surface area contributed by atoms with Gasteiger partial charge in [-0.3, -0.25) is 0 Å². The Bertz CT molecular complexity index is 362. The molecule has 0 aromatic rings. The number of hydrogen-bond acceptors (Lipinski definition) is 10. The maximum atomic E-state index is 10.6. The molecular formula is C6H23N4O10P. The largest absolute Gasteiger partial charge is 0.865 e. The molecule has 0 saturated carbocycles. The van der Waals surface area contributed by atoms with Gasteiger partial charge < -0.3 is 69.0 Å². The molecule has 0 unspecified atom stereocenters. The average Bonchev–Trinajstić information content (AvgIpc) is 2.42. The van der Waals surface area contributed by atoms with E-state index in [0.29, 0.717) is 0 Å². The quantitative estimate of drug-likeness (QED) is 0.188. The molecular weight excluding hydrogens is 319 g/mol. The van der Waals surface area contributed by atoms with Crippen LogP contribution in [0.5, 0.6) is 0 Å². The van der Waals surface area contributed by atoms with Crippen LogP contribution in [0.25, 0.3) is 0 Å². The van der Waals surface area contributed by atoms with Crippen LogP contribution < -0.4 is 44.4 Å². The van der Waals surface area contributed by atoms with E-state index in [1.54, 1.807) is 0 Å². The van der Waals surface area contributed by atoms with Crippen molar-refractivity contribution >= 4 is 13.8 Å². The molecule has 1 aliphatic rings. The highest BCUT2D eigenvalue weighted by atomic mass is 31.2. The summed E-state index contributed by atoms with van der Waals surface area (Å²) in [4.78, 5) is 36.1. The van der Waals surface area contributed by atoms with Crippen molar-refractivity contribution in [1.82, 2.24) is 24.6 Å². The van der Waals surface area contributed by atoms with E-state index in [2.05, 4.69) is 4.74 Å². The molecule has 19 N–H and O–H groups in total. The van der Waals surface area contributed by atoms with Crippen molar-refractivity contribution in [3.8, 4) is 0 Å². The number of carbonyl (C=O) groups is 1. The van der Waals surface area contributed by atoms with Crippen molar-refractivity contribution in [2.75, 3.05) is 6.61 Å². The Morgan fingerprint density at radius 1 is 1.19 bits per heavy atom. The molecule has 14 nitrogen and oxygen atoms in total. The number of phosphoric acid groups is 1. The van der Waals surface area contributed by atoms with Gasteiger partial charge in [-0.25, -0.2) is 4.79 Å². The number of rotatable bonds is 2. The van der Waals surface area contributed by atoms with E-state index in [9.17, 15) is 9.90 Å². The van der Waals surface area contributed by atoms with E-state index in [4.69, 9.17) is 34.6 Å². The molecule has 0 radical (unpaired) electrons. The van der Waals surface area contributed by atoms with Gasteiger partial charge in [0, 0.05) is 5.76 Å². The number of quaternary nitrogens is 4. The first kappa shape index (κ1) is 31.9. The lowest BCUT2D eigenvalue weighted by Gasteiger charge is -2.36. The number of esters is 1. The molecule has 0 fully saturated rings. The number of aliphatic hydroxyl groups is 3. The molecule has 0 aliphatic carbocycles. The van der Waals surface area contributed by atoms with Gasteiger partial charge in [-0.1, -0.05) is 0 Å². The smallest absolute Gasteiger partial charge is 0.327 e. The van der Waals surface area contributed by atoms with Crippen LogP contribution in [0.1, 0.15) is 0 Å². The predicted molar refractivity (Wildman–Crippen MR) is 64.2 cm³/mol. The summed E-state index contributed by atoms with van der Waals surface area (Å²) in [5.41, 5.74) is 0. The molecule has 2 atom stereocenters. The topological polar surface area (TPSA) is 342 Å². The van der Waals surface area contributed by atoms with Crippen LogP contribution in [0.4, 0.5) is 0 Å². The molecule has 15 heteroatoms. The number of aliphatic hydroxyl groups excluding tert-OH is 3. The van der Waals surface area contributed by atoms with Gasteiger partial charge in [0.2, 0.25) is 0 Å². The zero-order chi connectivity index (χ0) is 13.8. The van der Waals surface area contributed by atoms with Crippen LogP contribution in [0.15, 0.2) is 11.5 Å². The van der Waals surface area contributed by atoms with Gasteiger partial charge in [-0.05, 0) is 0 Å². The number of hydrogen-bond donors (Lipinski definition) is 7. The molecule has 0 bridgehead atoms. The van der Waals surface area contributed by atoms with Crippen LogP contribution in [0, 0.1) is 0 Å². The molecule has 1 aliphatic heterocycles. The first-order chi connectivity index (χ1) is 7.57. The Hall–Kier alpha value is -1.32. The lowest BCUT2D eigenvalue weighted by Crippen LogP contribution is -2.31. The van der Waals surface area contributed by atoms with E-state index in [-0.39, 0.29) is 24.6 Å². The van der Waals surface area contributed by atoms with Crippen LogP contribution in [0.2, 0.25) is 0 Å². The van der Waals surface area contributed by atoms with Gasteiger partial charge in [-0.15, -0.1) is 0 Å². The highest BCUT2D eigenvalue weighted by molar-refractivity contribution is 7.40. The molecule has 0 aromatic heterocycles. The van der Waals surface area contributed by atoms with Crippen LogP contribution in [-0.4, -0.2) is 40.1 Å². The Morgan fingerprint density at radius 3 is 1.71 bits per heavy atom. The molecule has 1 rings (SSSR count). The lowest BCUT2D eigenvalue weighted by molar-refractivity contribution is -0.432. The Kier molecular flexibility index (Phi) is 18.9. The molecule has 0 saturated heterocycles. The maximum absolute atomic E-state index is 10.6.